The molecule has 0 saturated carbocycles. The van der Waals surface area contributed by atoms with Crippen LogP contribution in [0.4, 0.5) is 0 Å². The van der Waals surface area contributed by atoms with E-state index < -0.39 is 0 Å². The number of rotatable bonds is 37. The van der Waals surface area contributed by atoms with Crippen molar-refractivity contribution >= 4 is 0 Å². The van der Waals surface area contributed by atoms with E-state index in [2.05, 4.69) is 90.2 Å². The van der Waals surface area contributed by atoms with Gasteiger partial charge in [-0.15, -0.1) is 0 Å². The average Bonchev–Trinajstić information content (AvgIpc) is 3.11. The van der Waals surface area contributed by atoms with Gasteiger partial charge in [0, 0.05) is 6.54 Å². The normalized spacial score (nSPS) is 12.5. The molecule has 0 radical (unpaired) electrons. The van der Waals surface area contributed by atoms with E-state index in [1.165, 1.54) is 195 Å². The Hall–Kier alpha value is -1.60. The molecule has 1 nitrogen and oxygen atoms in total. The quantitative estimate of drug-likeness (QED) is 0.0489. The van der Waals surface area contributed by atoms with Gasteiger partial charge in [-0.25, -0.2) is 0 Å². The lowest BCUT2D eigenvalue weighted by Gasteiger charge is -2.19. The SMILES string of the molecule is C=C(CCCCCCCC(C)/C=C/CCCCC)CCc1cc(CCC(=C)CC(CCCCCCCC)CCCCCCCC)cc(CN(C)C)c1. The van der Waals surface area contributed by atoms with Crippen molar-refractivity contribution in [1.29, 1.82) is 0 Å². The molecule has 0 aliphatic carbocycles. The Morgan fingerprint density at radius 2 is 1.02 bits per heavy atom. The molecule has 1 aromatic rings. The Morgan fingerprint density at radius 1 is 0.558 bits per heavy atom. The maximum absolute atomic E-state index is 4.66. The highest BCUT2D eigenvalue weighted by Gasteiger charge is 2.12. The van der Waals surface area contributed by atoms with Crippen LogP contribution < -0.4 is 0 Å². The van der Waals surface area contributed by atoms with Crippen LogP contribution in [0.15, 0.2) is 54.7 Å². The van der Waals surface area contributed by atoms with Crippen LogP contribution in [0.25, 0.3) is 0 Å². The van der Waals surface area contributed by atoms with Gasteiger partial charge in [-0.3, -0.25) is 0 Å². The second-order valence-corrected chi connectivity index (χ2v) is 17.3. The first kappa shape index (κ1) is 48.4. The summed E-state index contributed by atoms with van der Waals surface area (Å²) < 4.78 is 0. The average molecular weight is 718 g/mol. The molecule has 0 bridgehead atoms. The molecule has 0 heterocycles. The molecule has 52 heavy (non-hydrogen) atoms. The summed E-state index contributed by atoms with van der Waals surface area (Å²) in [6.45, 7) is 19.5. The lowest BCUT2D eigenvalue weighted by molar-refractivity contribution is 0.397. The molecule has 300 valence electrons. The first-order valence-corrected chi connectivity index (χ1v) is 23.0. The van der Waals surface area contributed by atoms with Crippen molar-refractivity contribution in [3.05, 3.63) is 71.3 Å². The molecule has 1 rings (SSSR count). The molecule has 0 saturated heterocycles. The maximum Gasteiger partial charge on any atom is 0.0227 e. The fourth-order valence-corrected chi connectivity index (χ4v) is 7.95. The van der Waals surface area contributed by atoms with Crippen molar-refractivity contribution in [2.75, 3.05) is 14.1 Å². The van der Waals surface area contributed by atoms with E-state index in [-0.39, 0.29) is 0 Å². The van der Waals surface area contributed by atoms with Crippen LogP contribution in [0.1, 0.15) is 224 Å². The van der Waals surface area contributed by atoms with Crippen molar-refractivity contribution in [3.8, 4) is 0 Å². The van der Waals surface area contributed by atoms with Gasteiger partial charge >= 0.3 is 0 Å². The highest BCUT2D eigenvalue weighted by molar-refractivity contribution is 5.31. The van der Waals surface area contributed by atoms with Crippen LogP contribution in [0.5, 0.6) is 0 Å². The zero-order chi connectivity index (χ0) is 38.1. The Kier molecular flexibility index (Phi) is 31.6. The zero-order valence-corrected chi connectivity index (χ0v) is 36.3. The molecule has 1 aromatic carbocycles. The predicted molar refractivity (Wildman–Crippen MR) is 238 cm³/mol. The van der Waals surface area contributed by atoms with Gasteiger partial charge < -0.3 is 4.90 Å². The third kappa shape index (κ3) is 28.8. The summed E-state index contributed by atoms with van der Waals surface area (Å²) in [5.41, 5.74) is 7.39. The van der Waals surface area contributed by atoms with Crippen LogP contribution in [0.3, 0.4) is 0 Å². The van der Waals surface area contributed by atoms with Gasteiger partial charge in [0.15, 0.2) is 0 Å². The minimum atomic E-state index is 0.740. The molecule has 1 atom stereocenters. The fraction of sp³-hybridized carbons (Fsp3) is 0.765. The first-order valence-electron chi connectivity index (χ1n) is 23.0. The van der Waals surface area contributed by atoms with Crippen molar-refractivity contribution in [2.45, 2.75) is 227 Å². The highest BCUT2D eigenvalue weighted by atomic mass is 15.0. The fourth-order valence-electron chi connectivity index (χ4n) is 7.95. The highest BCUT2D eigenvalue weighted by Crippen LogP contribution is 2.27. The van der Waals surface area contributed by atoms with E-state index in [0.717, 1.165) is 44.1 Å². The molecule has 0 N–H and O–H groups in total. The number of allylic oxidation sites excluding steroid dienone is 4. The number of hydrogen-bond acceptors (Lipinski definition) is 1. The minimum absolute atomic E-state index is 0.740. The van der Waals surface area contributed by atoms with Gasteiger partial charge in [-0.2, -0.15) is 0 Å². The van der Waals surface area contributed by atoms with Gasteiger partial charge in [-0.05, 0) is 107 Å². The van der Waals surface area contributed by atoms with Crippen LogP contribution >= 0.6 is 0 Å². The molecule has 0 aromatic heterocycles. The summed E-state index contributed by atoms with van der Waals surface area (Å²) in [5.74, 6) is 1.58. The van der Waals surface area contributed by atoms with Gasteiger partial charge in [0.25, 0.3) is 0 Å². The lowest BCUT2D eigenvalue weighted by Crippen LogP contribution is -2.11. The maximum atomic E-state index is 4.66. The molecule has 1 unspecified atom stereocenters. The van der Waals surface area contributed by atoms with Crippen LogP contribution in [0.2, 0.25) is 0 Å². The van der Waals surface area contributed by atoms with Gasteiger partial charge in [0.1, 0.15) is 0 Å². The summed E-state index contributed by atoms with van der Waals surface area (Å²) in [6.07, 6.45) is 44.9. The molecular formula is C51H91N. The summed E-state index contributed by atoms with van der Waals surface area (Å²) >= 11 is 0. The Bertz CT molecular complexity index is 998. The molecular weight excluding hydrogens is 627 g/mol. The van der Waals surface area contributed by atoms with Crippen LogP contribution in [-0.4, -0.2) is 19.0 Å². The standard InChI is InChI=1S/C51H91N/c1-9-12-15-18-24-29-34-48(35-30-25-19-16-13-10-2)40-47(6)37-39-50-41-49(42-51(43-50)44-52(7)8)38-36-46(5)33-28-23-20-22-27-32-45(4)31-26-21-17-14-11-3/h26,31,41-43,45,48H,5-6,9-25,27-30,32-40,44H2,1-4,7-8H3/b31-26+. The van der Waals surface area contributed by atoms with E-state index in [0.29, 0.717) is 0 Å². The van der Waals surface area contributed by atoms with Crippen molar-refractivity contribution in [3.63, 3.8) is 0 Å². The minimum Gasteiger partial charge on any atom is -0.305 e. The lowest BCUT2D eigenvalue weighted by atomic mass is 9.87. The van der Waals surface area contributed by atoms with E-state index in [1.807, 2.05) is 0 Å². The third-order valence-electron chi connectivity index (χ3n) is 11.3. The molecule has 0 amide bonds. The first-order chi connectivity index (χ1) is 25.3. The van der Waals surface area contributed by atoms with E-state index >= 15 is 0 Å². The topological polar surface area (TPSA) is 3.24 Å². The number of unbranched alkanes of at least 4 members (excludes halogenated alkanes) is 17. The van der Waals surface area contributed by atoms with Gasteiger partial charge in [0.05, 0.1) is 0 Å². The predicted octanol–water partition coefficient (Wildman–Crippen LogP) is 16.7. The van der Waals surface area contributed by atoms with E-state index in [1.54, 1.807) is 0 Å². The smallest absolute Gasteiger partial charge is 0.0227 e. The Morgan fingerprint density at radius 3 is 1.58 bits per heavy atom. The Labute approximate surface area is 328 Å². The molecule has 0 aliphatic rings. The van der Waals surface area contributed by atoms with E-state index in [4.69, 9.17) is 0 Å². The number of aryl methyl sites for hydroxylation is 2. The van der Waals surface area contributed by atoms with Crippen molar-refractivity contribution < 1.29 is 0 Å². The molecule has 0 spiro atoms. The van der Waals surface area contributed by atoms with Crippen LogP contribution in [-0.2, 0) is 19.4 Å². The summed E-state index contributed by atoms with van der Waals surface area (Å²) in [5, 5.41) is 0. The second kappa shape index (κ2) is 33.9. The van der Waals surface area contributed by atoms with Crippen molar-refractivity contribution in [2.24, 2.45) is 11.8 Å². The second-order valence-electron chi connectivity index (χ2n) is 17.3. The Balaban J connectivity index is 2.53. The largest absolute Gasteiger partial charge is 0.305 e. The number of hydrogen-bond donors (Lipinski definition) is 0. The summed E-state index contributed by atoms with van der Waals surface area (Å²) in [4.78, 5) is 2.31. The van der Waals surface area contributed by atoms with Gasteiger partial charge in [-0.1, -0.05) is 211 Å². The number of nitrogens with zero attached hydrogens (tertiary/aromatic N) is 1. The molecule has 0 fully saturated rings. The summed E-state index contributed by atoms with van der Waals surface area (Å²) in [7, 11) is 4.38. The number of benzene rings is 1. The monoisotopic (exact) mass is 718 g/mol. The third-order valence-corrected chi connectivity index (χ3v) is 11.3. The van der Waals surface area contributed by atoms with E-state index in [9.17, 15) is 0 Å². The zero-order valence-electron chi connectivity index (χ0n) is 36.3. The molecule has 0 aliphatic heterocycles. The van der Waals surface area contributed by atoms with Gasteiger partial charge in [0.2, 0.25) is 0 Å². The van der Waals surface area contributed by atoms with Crippen LogP contribution in [0, 0.1) is 11.8 Å². The molecule has 1 heteroatoms. The summed E-state index contributed by atoms with van der Waals surface area (Å²) in [6, 6.07) is 7.44. The van der Waals surface area contributed by atoms with Crippen molar-refractivity contribution in [1.82, 2.24) is 4.90 Å².